The second-order valence-electron chi connectivity index (χ2n) is 5.59. The van der Waals surface area contributed by atoms with Crippen LogP contribution >= 0.6 is 11.6 Å². The molecule has 0 radical (unpaired) electrons. The van der Waals surface area contributed by atoms with E-state index < -0.39 is 0 Å². The first-order valence-corrected chi connectivity index (χ1v) is 7.56. The number of halogens is 1. The molecular weight excluding hydrogens is 274 g/mol. The molecule has 0 aromatic heterocycles. The molecule has 5 heteroatoms. The Morgan fingerprint density at radius 3 is 2.65 bits per heavy atom. The maximum absolute atomic E-state index is 9.49. The quantitative estimate of drug-likeness (QED) is 0.907. The lowest BCUT2D eigenvalue weighted by atomic mass is 10.2. The number of amidine groups is 1. The average molecular weight is 294 g/mol. The number of aliphatic imine (C=N–C) groups is 1. The van der Waals surface area contributed by atoms with Gasteiger partial charge >= 0.3 is 0 Å². The summed E-state index contributed by atoms with van der Waals surface area (Å²) in [6.45, 7) is 3.31. The standard InChI is InChI=1S/C15H20ClN3O/c1-11(20)8-9-18-10-17-15(12-2-3-12)19(18)14-6-4-13(16)5-7-14/h4-7,11-12,20H,2-3,8-10H2,1H3. The Bertz CT molecular complexity index is 496. The van der Waals surface area contributed by atoms with Gasteiger partial charge in [-0.15, -0.1) is 0 Å². The molecule has 1 fully saturated rings. The molecular formula is C15H20ClN3O. The fraction of sp³-hybridized carbons (Fsp3) is 0.533. The van der Waals surface area contributed by atoms with Crippen molar-refractivity contribution in [1.29, 1.82) is 0 Å². The zero-order valence-corrected chi connectivity index (χ0v) is 12.4. The molecule has 2 aliphatic rings. The molecule has 108 valence electrons. The number of anilines is 1. The molecule has 0 saturated heterocycles. The van der Waals surface area contributed by atoms with E-state index in [0.29, 0.717) is 12.6 Å². The summed E-state index contributed by atoms with van der Waals surface area (Å²) in [6.07, 6.45) is 2.92. The number of hydrogen-bond donors (Lipinski definition) is 1. The lowest BCUT2D eigenvalue weighted by Gasteiger charge is -2.31. The Morgan fingerprint density at radius 1 is 1.35 bits per heavy atom. The summed E-state index contributed by atoms with van der Waals surface area (Å²) < 4.78 is 0. The van der Waals surface area contributed by atoms with Crippen LogP contribution in [0, 0.1) is 5.92 Å². The van der Waals surface area contributed by atoms with Crippen molar-refractivity contribution in [1.82, 2.24) is 5.01 Å². The average Bonchev–Trinajstić information content (AvgIpc) is 3.18. The largest absolute Gasteiger partial charge is 0.393 e. The molecule has 1 unspecified atom stereocenters. The molecule has 1 aliphatic heterocycles. The van der Waals surface area contributed by atoms with Crippen molar-refractivity contribution in [3.63, 3.8) is 0 Å². The minimum atomic E-state index is -0.285. The molecule has 4 nitrogen and oxygen atoms in total. The summed E-state index contributed by atoms with van der Waals surface area (Å²) in [5.41, 5.74) is 1.10. The topological polar surface area (TPSA) is 39.1 Å². The van der Waals surface area contributed by atoms with Crippen molar-refractivity contribution in [2.45, 2.75) is 32.3 Å². The Balaban J connectivity index is 1.80. The van der Waals surface area contributed by atoms with Crippen molar-refractivity contribution >= 4 is 23.1 Å². The number of aliphatic hydroxyl groups is 1. The first-order chi connectivity index (χ1) is 9.65. The summed E-state index contributed by atoms with van der Waals surface area (Å²) in [7, 11) is 0. The number of aliphatic hydroxyl groups excluding tert-OH is 1. The molecule has 0 spiro atoms. The molecule has 20 heavy (non-hydrogen) atoms. The first-order valence-electron chi connectivity index (χ1n) is 7.18. The van der Waals surface area contributed by atoms with E-state index in [4.69, 9.17) is 16.6 Å². The number of hydrogen-bond acceptors (Lipinski definition) is 4. The Hall–Kier alpha value is -1.10. The molecule has 1 aromatic carbocycles. The Morgan fingerprint density at radius 2 is 2.05 bits per heavy atom. The van der Waals surface area contributed by atoms with E-state index in [1.54, 1.807) is 0 Å². The van der Waals surface area contributed by atoms with Gasteiger partial charge in [0, 0.05) is 17.5 Å². The summed E-state index contributed by atoms with van der Waals surface area (Å²) in [5.74, 6) is 1.76. The highest BCUT2D eigenvalue weighted by Crippen LogP contribution is 2.36. The van der Waals surface area contributed by atoms with Crippen molar-refractivity contribution in [2.75, 3.05) is 18.2 Å². The molecule has 1 saturated carbocycles. The highest BCUT2D eigenvalue weighted by atomic mass is 35.5. The minimum absolute atomic E-state index is 0.285. The van der Waals surface area contributed by atoms with E-state index in [1.807, 2.05) is 31.2 Å². The summed E-state index contributed by atoms with van der Waals surface area (Å²) in [6, 6.07) is 7.88. The van der Waals surface area contributed by atoms with E-state index >= 15 is 0 Å². The lowest BCUT2D eigenvalue weighted by molar-refractivity contribution is 0.161. The lowest BCUT2D eigenvalue weighted by Crippen LogP contribution is -2.43. The van der Waals surface area contributed by atoms with Crippen LogP contribution in [0.25, 0.3) is 0 Å². The molecule has 0 bridgehead atoms. The number of nitrogens with zero attached hydrogens (tertiary/aromatic N) is 3. The van der Waals surface area contributed by atoms with Crippen LogP contribution in [-0.4, -0.2) is 35.3 Å². The van der Waals surface area contributed by atoms with Gasteiger partial charge in [0.05, 0.1) is 11.8 Å². The second kappa shape index (κ2) is 5.72. The smallest absolute Gasteiger partial charge is 0.123 e. The monoisotopic (exact) mass is 293 g/mol. The van der Waals surface area contributed by atoms with Crippen LogP contribution in [0.5, 0.6) is 0 Å². The Labute approximate surface area is 124 Å². The second-order valence-corrected chi connectivity index (χ2v) is 6.02. The van der Waals surface area contributed by atoms with Crippen LogP contribution in [-0.2, 0) is 0 Å². The third kappa shape index (κ3) is 2.97. The third-order valence-corrected chi connectivity index (χ3v) is 3.97. The summed E-state index contributed by atoms with van der Waals surface area (Å²) in [4.78, 5) is 4.69. The van der Waals surface area contributed by atoms with Gasteiger partial charge in [-0.25, -0.2) is 0 Å². The van der Waals surface area contributed by atoms with E-state index in [0.717, 1.165) is 29.5 Å². The summed E-state index contributed by atoms with van der Waals surface area (Å²) in [5, 5.41) is 14.6. The van der Waals surface area contributed by atoms with E-state index in [2.05, 4.69) is 10.0 Å². The van der Waals surface area contributed by atoms with Gasteiger partial charge in [-0.2, -0.15) is 5.01 Å². The van der Waals surface area contributed by atoms with E-state index in [-0.39, 0.29) is 6.10 Å². The van der Waals surface area contributed by atoms with Gasteiger partial charge in [0.15, 0.2) is 0 Å². The molecule has 0 amide bonds. The van der Waals surface area contributed by atoms with Gasteiger partial charge in [-0.3, -0.25) is 10.0 Å². The molecule has 1 aromatic rings. The van der Waals surface area contributed by atoms with Crippen LogP contribution < -0.4 is 5.01 Å². The molecule has 3 rings (SSSR count). The normalized spacial score (nSPS) is 21.1. The van der Waals surface area contributed by atoms with Crippen LogP contribution in [0.4, 0.5) is 5.69 Å². The molecule has 1 atom stereocenters. The fourth-order valence-corrected chi connectivity index (χ4v) is 2.58. The van der Waals surface area contributed by atoms with E-state index in [1.165, 1.54) is 12.8 Å². The maximum Gasteiger partial charge on any atom is 0.123 e. The van der Waals surface area contributed by atoms with Gasteiger partial charge in [0.2, 0.25) is 0 Å². The van der Waals surface area contributed by atoms with E-state index in [9.17, 15) is 5.11 Å². The van der Waals surface area contributed by atoms with Gasteiger partial charge < -0.3 is 5.11 Å². The van der Waals surface area contributed by atoms with Crippen LogP contribution in [0.3, 0.4) is 0 Å². The van der Waals surface area contributed by atoms with Gasteiger partial charge in [0.1, 0.15) is 12.5 Å². The highest BCUT2D eigenvalue weighted by molar-refractivity contribution is 6.30. The highest BCUT2D eigenvalue weighted by Gasteiger charge is 2.37. The van der Waals surface area contributed by atoms with Crippen molar-refractivity contribution in [3.05, 3.63) is 29.3 Å². The molecule has 1 aliphatic carbocycles. The SMILES string of the molecule is CC(O)CCN1CN=C(C2CC2)N1c1ccc(Cl)cc1. The van der Waals surface area contributed by atoms with Gasteiger partial charge in [0.25, 0.3) is 0 Å². The minimum Gasteiger partial charge on any atom is -0.393 e. The zero-order valence-electron chi connectivity index (χ0n) is 11.7. The first kappa shape index (κ1) is 13.9. The molecule has 1 N–H and O–H groups in total. The number of hydrazine groups is 1. The van der Waals surface area contributed by atoms with Gasteiger partial charge in [-0.1, -0.05) is 11.6 Å². The van der Waals surface area contributed by atoms with Crippen molar-refractivity contribution < 1.29 is 5.11 Å². The van der Waals surface area contributed by atoms with Crippen LogP contribution in [0.2, 0.25) is 5.02 Å². The Kier molecular flexibility index (Phi) is 3.96. The number of rotatable bonds is 5. The van der Waals surface area contributed by atoms with Crippen LogP contribution in [0.15, 0.2) is 29.3 Å². The van der Waals surface area contributed by atoms with Crippen molar-refractivity contribution in [3.8, 4) is 0 Å². The maximum atomic E-state index is 9.49. The third-order valence-electron chi connectivity index (χ3n) is 3.71. The predicted octanol–water partition coefficient (Wildman–Crippen LogP) is 2.91. The summed E-state index contributed by atoms with van der Waals surface area (Å²) >= 11 is 5.97. The predicted molar refractivity (Wildman–Crippen MR) is 82.0 cm³/mol. The number of benzene rings is 1. The van der Waals surface area contributed by atoms with Crippen molar-refractivity contribution in [2.24, 2.45) is 10.9 Å². The van der Waals surface area contributed by atoms with Gasteiger partial charge in [-0.05, 0) is 50.5 Å². The molecule has 1 heterocycles. The zero-order chi connectivity index (χ0) is 14.1. The fourth-order valence-electron chi connectivity index (χ4n) is 2.46. The van der Waals surface area contributed by atoms with Crippen LogP contribution in [0.1, 0.15) is 26.2 Å².